The van der Waals surface area contributed by atoms with E-state index in [4.69, 9.17) is 0 Å². The number of rotatable bonds is 2. The van der Waals surface area contributed by atoms with E-state index in [9.17, 15) is 4.79 Å². The second-order valence-electron chi connectivity index (χ2n) is 1.73. The lowest BCUT2D eigenvalue weighted by Gasteiger charge is -2.08. The van der Waals surface area contributed by atoms with Crippen molar-refractivity contribution in [1.29, 1.82) is 0 Å². The number of hydrogen-bond donors (Lipinski definition) is 0. The normalized spacial score (nSPS) is 11.1. The van der Waals surface area contributed by atoms with E-state index in [0.29, 0.717) is 5.70 Å². The third kappa shape index (κ3) is 1.78. The van der Waals surface area contributed by atoms with Gasteiger partial charge in [0.1, 0.15) is 0 Å². The summed E-state index contributed by atoms with van der Waals surface area (Å²) in [6.45, 7) is 1.84. The van der Waals surface area contributed by atoms with Crippen molar-refractivity contribution >= 4 is 6.29 Å². The molecule has 2 heteroatoms. The predicted molar refractivity (Wildman–Crippen MR) is 33.5 cm³/mol. The van der Waals surface area contributed by atoms with Crippen molar-refractivity contribution in [2.45, 2.75) is 6.92 Å². The van der Waals surface area contributed by atoms with Crippen LogP contribution in [0.4, 0.5) is 0 Å². The molecule has 0 fully saturated rings. The predicted octanol–water partition coefficient (Wildman–Crippen LogP) is 0.651. The highest BCUT2D eigenvalue weighted by Crippen LogP contribution is 1.90. The Labute approximate surface area is 49.8 Å². The third-order valence-corrected chi connectivity index (χ3v) is 0.933. The highest BCUT2D eigenvalue weighted by Gasteiger charge is 1.90. The van der Waals surface area contributed by atoms with Crippen LogP contribution in [0.2, 0.25) is 0 Å². The largest absolute Gasteiger partial charge is 0.375 e. The lowest BCUT2D eigenvalue weighted by molar-refractivity contribution is -0.105. The molecule has 0 N–H and O–H groups in total. The Morgan fingerprint density at radius 1 is 1.50 bits per heavy atom. The molecular weight excluding hydrogens is 102 g/mol. The molecule has 0 aromatic heterocycles. The van der Waals surface area contributed by atoms with E-state index < -0.39 is 0 Å². The molecule has 46 valence electrons. The van der Waals surface area contributed by atoms with Crippen molar-refractivity contribution in [3.63, 3.8) is 0 Å². The van der Waals surface area contributed by atoms with Gasteiger partial charge >= 0.3 is 0 Å². The van der Waals surface area contributed by atoms with Gasteiger partial charge in [-0.05, 0) is 6.92 Å². The van der Waals surface area contributed by atoms with E-state index in [-0.39, 0.29) is 0 Å². The molecule has 0 aliphatic heterocycles. The topological polar surface area (TPSA) is 20.3 Å². The lowest BCUT2D eigenvalue weighted by Crippen LogP contribution is -2.11. The number of likely N-dealkylation sites (N-methyl/N-ethyl adjacent to an activating group) is 1. The lowest BCUT2D eigenvalue weighted by atomic mass is 10.4. The first-order valence-corrected chi connectivity index (χ1v) is 2.51. The Bertz CT molecular complexity index is 105. The quantitative estimate of drug-likeness (QED) is 0.387. The zero-order valence-electron chi connectivity index (χ0n) is 5.51. The number of aldehydes is 1. The molecule has 0 saturated heterocycles. The smallest absolute Gasteiger partial charge is 0.165 e. The van der Waals surface area contributed by atoms with Crippen molar-refractivity contribution in [3.8, 4) is 0 Å². The fraction of sp³-hybridized carbons (Fsp3) is 0.500. The van der Waals surface area contributed by atoms with Crippen LogP contribution in [0.3, 0.4) is 0 Å². The van der Waals surface area contributed by atoms with Crippen molar-refractivity contribution in [2.75, 3.05) is 14.1 Å². The molecule has 0 aromatic rings. The van der Waals surface area contributed by atoms with Crippen LogP contribution >= 0.6 is 0 Å². The molecule has 0 amide bonds. The summed E-state index contributed by atoms with van der Waals surface area (Å²) >= 11 is 0. The SMILES string of the molecule is CC=C(C=O)N(C)C. The molecule has 0 aliphatic carbocycles. The molecule has 0 rings (SSSR count). The van der Waals surface area contributed by atoms with E-state index in [1.807, 2.05) is 21.0 Å². The second kappa shape index (κ2) is 3.24. The molecule has 0 unspecified atom stereocenters. The summed E-state index contributed by atoms with van der Waals surface area (Å²) < 4.78 is 0. The fourth-order valence-electron chi connectivity index (χ4n) is 0.432. The van der Waals surface area contributed by atoms with Crippen molar-refractivity contribution in [3.05, 3.63) is 11.8 Å². The summed E-state index contributed by atoms with van der Waals surface area (Å²) in [5, 5.41) is 0. The molecule has 0 spiro atoms. The van der Waals surface area contributed by atoms with Gasteiger partial charge in [0.25, 0.3) is 0 Å². The van der Waals surface area contributed by atoms with Crippen LogP contribution in [0, 0.1) is 0 Å². The van der Waals surface area contributed by atoms with Crippen LogP contribution < -0.4 is 0 Å². The Balaban J connectivity index is 3.91. The molecular formula is C6H11NO. The van der Waals surface area contributed by atoms with Crippen LogP contribution in [-0.4, -0.2) is 25.3 Å². The van der Waals surface area contributed by atoms with Crippen molar-refractivity contribution in [1.82, 2.24) is 4.90 Å². The van der Waals surface area contributed by atoms with Crippen LogP contribution in [0.5, 0.6) is 0 Å². The Hall–Kier alpha value is -0.790. The van der Waals surface area contributed by atoms with E-state index in [1.54, 1.807) is 11.0 Å². The van der Waals surface area contributed by atoms with E-state index in [1.165, 1.54) is 0 Å². The Morgan fingerprint density at radius 3 is 2.00 bits per heavy atom. The van der Waals surface area contributed by atoms with Gasteiger partial charge in [-0.25, -0.2) is 0 Å². The minimum Gasteiger partial charge on any atom is -0.375 e. The van der Waals surface area contributed by atoms with Gasteiger partial charge in [-0.3, -0.25) is 4.79 Å². The molecule has 2 nitrogen and oxygen atoms in total. The molecule has 0 aliphatic rings. The van der Waals surface area contributed by atoms with Crippen molar-refractivity contribution < 1.29 is 4.79 Å². The van der Waals surface area contributed by atoms with Crippen LogP contribution in [-0.2, 0) is 4.79 Å². The van der Waals surface area contributed by atoms with Gasteiger partial charge < -0.3 is 4.90 Å². The zero-order valence-corrected chi connectivity index (χ0v) is 5.51. The summed E-state index contributed by atoms with van der Waals surface area (Å²) in [7, 11) is 3.67. The summed E-state index contributed by atoms with van der Waals surface area (Å²) in [5.74, 6) is 0. The molecule has 8 heavy (non-hydrogen) atoms. The number of carbonyl (C=O) groups is 1. The summed E-state index contributed by atoms with van der Waals surface area (Å²) in [6, 6.07) is 0. The van der Waals surface area contributed by atoms with Gasteiger partial charge in [0.15, 0.2) is 6.29 Å². The highest BCUT2D eigenvalue weighted by atomic mass is 16.1. The molecule has 0 atom stereocenters. The molecule has 0 heterocycles. The summed E-state index contributed by atoms with van der Waals surface area (Å²) in [5.41, 5.74) is 0.713. The molecule has 0 saturated carbocycles. The minimum atomic E-state index is 0.713. The van der Waals surface area contributed by atoms with Gasteiger partial charge in [0.2, 0.25) is 0 Å². The van der Waals surface area contributed by atoms with E-state index in [2.05, 4.69) is 0 Å². The van der Waals surface area contributed by atoms with Gasteiger partial charge in [-0.2, -0.15) is 0 Å². The maximum Gasteiger partial charge on any atom is 0.165 e. The summed E-state index contributed by atoms with van der Waals surface area (Å²) in [6.07, 6.45) is 2.60. The zero-order chi connectivity index (χ0) is 6.57. The monoisotopic (exact) mass is 113 g/mol. The average molecular weight is 113 g/mol. The minimum absolute atomic E-state index is 0.713. The average Bonchev–Trinajstić information content (AvgIpc) is 1.69. The number of nitrogens with zero attached hydrogens (tertiary/aromatic N) is 1. The molecule has 0 radical (unpaired) electrons. The van der Waals surface area contributed by atoms with Gasteiger partial charge in [-0.1, -0.05) is 6.08 Å². The Morgan fingerprint density at radius 2 is 2.00 bits per heavy atom. The first kappa shape index (κ1) is 7.21. The Kier molecular flexibility index (Phi) is 2.92. The van der Waals surface area contributed by atoms with Gasteiger partial charge in [0, 0.05) is 14.1 Å². The van der Waals surface area contributed by atoms with Crippen molar-refractivity contribution in [2.24, 2.45) is 0 Å². The van der Waals surface area contributed by atoms with Gasteiger partial charge in [0.05, 0.1) is 5.70 Å². The summed E-state index contributed by atoms with van der Waals surface area (Å²) in [4.78, 5) is 11.8. The number of carbonyl (C=O) groups excluding carboxylic acids is 1. The highest BCUT2D eigenvalue weighted by molar-refractivity contribution is 5.71. The van der Waals surface area contributed by atoms with Crippen LogP contribution in [0.15, 0.2) is 11.8 Å². The maximum atomic E-state index is 10.1. The van der Waals surface area contributed by atoms with Crippen LogP contribution in [0.1, 0.15) is 6.92 Å². The number of hydrogen-bond acceptors (Lipinski definition) is 2. The van der Waals surface area contributed by atoms with E-state index in [0.717, 1.165) is 6.29 Å². The van der Waals surface area contributed by atoms with Gasteiger partial charge in [-0.15, -0.1) is 0 Å². The van der Waals surface area contributed by atoms with Crippen LogP contribution in [0.25, 0.3) is 0 Å². The number of allylic oxidation sites excluding steroid dienone is 2. The molecule has 0 aromatic carbocycles. The van der Waals surface area contributed by atoms with E-state index >= 15 is 0 Å². The molecule has 0 bridgehead atoms. The third-order valence-electron chi connectivity index (χ3n) is 0.933. The maximum absolute atomic E-state index is 10.1. The fourth-order valence-corrected chi connectivity index (χ4v) is 0.432. The standard InChI is InChI=1S/C6H11NO/c1-4-6(5-8)7(2)3/h4-5H,1-3H3. The first-order chi connectivity index (χ1) is 3.72. The first-order valence-electron chi connectivity index (χ1n) is 2.51. The second-order valence-corrected chi connectivity index (χ2v) is 1.73.